The number of carbonyl (C=O) groups excluding carboxylic acids is 2. The van der Waals surface area contributed by atoms with Crippen LogP contribution in [0.1, 0.15) is 296 Å². The Labute approximate surface area is 518 Å². The van der Waals surface area contributed by atoms with Crippen LogP contribution < -0.4 is 0 Å². The predicted octanol–water partition coefficient (Wildman–Crippen LogP) is 22.5. The van der Waals surface area contributed by atoms with Crippen molar-refractivity contribution < 1.29 is 42.1 Å². The highest BCUT2D eigenvalue weighted by molar-refractivity contribution is 7.47. The molecule has 0 amide bonds. The number of esters is 2. The zero-order valence-corrected chi connectivity index (χ0v) is 56.0. The smallest absolute Gasteiger partial charge is 0.462 e. The first kappa shape index (κ1) is 80.7. The largest absolute Gasteiger partial charge is 0.472 e. The Morgan fingerprint density at radius 1 is 0.381 bits per heavy atom. The van der Waals surface area contributed by atoms with Crippen LogP contribution in [0.5, 0.6) is 0 Å². The van der Waals surface area contributed by atoms with E-state index in [2.05, 4.69) is 123 Å². The summed E-state index contributed by atoms with van der Waals surface area (Å²) in [6.07, 6.45) is 90.4. The molecule has 0 aliphatic rings. The van der Waals surface area contributed by atoms with E-state index in [4.69, 9.17) is 18.5 Å². The van der Waals surface area contributed by atoms with Gasteiger partial charge in [-0.05, 0) is 103 Å². The number of likely N-dealkylation sites (N-methyl/N-ethyl adjacent to an activating group) is 1. The van der Waals surface area contributed by atoms with Crippen LogP contribution in [0, 0.1) is 0 Å². The van der Waals surface area contributed by atoms with Crippen LogP contribution in [-0.4, -0.2) is 74.9 Å². The maximum absolute atomic E-state index is 12.9. The maximum atomic E-state index is 12.9. The molecule has 0 aliphatic heterocycles. The molecule has 0 rings (SSSR count). The molecule has 484 valence electrons. The molecule has 2 atom stereocenters. The van der Waals surface area contributed by atoms with Gasteiger partial charge in [0.2, 0.25) is 0 Å². The molecule has 0 spiro atoms. The second kappa shape index (κ2) is 64.2. The van der Waals surface area contributed by atoms with Gasteiger partial charge in [-0.2, -0.15) is 0 Å². The third kappa shape index (κ3) is 67.8. The Bertz CT molecular complexity index is 1790. The molecule has 1 N–H and O–H groups in total. The Hall–Kier alpha value is -3.33. The molecule has 0 radical (unpaired) electrons. The zero-order valence-electron chi connectivity index (χ0n) is 55.1. The number of rotatable bonds is 63. The Balaban J connectivity index is 4.09. The maximum Gasteiger partial charge on any atom is 0.472 e. The summed E-state index contributed by atoms with van der Waals surface area (Å²) in [4.78, 5) is 35.9. The van der Waals surface area contributed by atoms with Gasteiger partial charge in [0.1, 0.15) is 19.8 Å². The van der Waals surface area contributed by atoms with E-state index in [9.17, 15) is 19.0 Å². The summed E-state index contributed by atoms with van der Waals surface area (Å²) in [7, 11) is 1.46. The summed E-state index contributed by atoms with van der Waals surface area (Å²) in [6, 6.07) is 0. The molecule has 10 heteroatoms. The summed E-state index contributed by atoms with van der Waals surface area (Å²) < 4.78 is 34.7. The van der Waals surface area contributed by atoms with E-state index in [-0.39, 0.29) is 32.0 Å². The van der Waals surface area contributed by atoms with Crippen LogP contribution in [0.4, 0.5) is 0 Å². The number of phosphoric ester groups is 1. The van der Waals surface area contributed by atoms with Crippen molar-refractivity contribution in [2.75, 3.05) is 47.5 Å². The normalized spacial score (nSPS) is 13.8. The summed E-state index contributed by atoms with van der Waals surface area (Å²) in [5.74, 6) is -0.806. The minimum atomic E-state index is -4.40. The Kier molecular flexibility index (Phi) is 61.6. The number of ether oxygens (including phenoxy) is 2. The zero-order chi connectivity index (χ0) is 61.2. The van der Waals surface area contributed by atoms with Crippen LogP contribution in [0.25, 0.3) is 0 Å². The van der Waals surface area contributed by atoms with E-state index in [0.717, 1.165) is 96.3 Å². The highest BCUT2D eigenvalue weighted by Gasteiger charge is 2.27. The first-order chi connectivity index (χ1) is 41.0. The van der Waals surface area contributed by atoms with Crippen molar-refractivity contribution in [1.82, 2.24) is 0 Å². The van der Waals surface area contributed by atoms with Crippen molar-refractivity contribution in [2.24, 2.45) is 0 Å². The number of phosphoric acid groups is 1. The SMILES string of the molecule is CC/C=C\C/C=C\C/C=C\C/C=C\C/C=C\C/C=C\C/C=C\CCCCCCCCCC(=O)OC(COC(=O)CCCCCCCCCCCCCCCCCCCCC/C=C\C/C=C\CCCCCCC)COP(=O)(O)OCC[N+](C)(C)C. The molecule has 0 saturated heterocycles. The Morgan fingerprint density at radius 3 is 1.01 bits per heavy atom. The lowest BCUT2D eigenvalue weighted by Crippen LogP contribution is -2.37. The van der Waals surface area contributed by atoms with Crippen molar-refractivity contribution in [3.63, 3.8) is 0 Å². The van der Waals surface area contributed by atoms with Crippen molar-refractivity contribution in [2.45, 2.75) is 302 Å². The average Bonchev–Trinajstić information content (AvgIpc) is 3.61. The number of quaternary nitrogens is 1. The fourth-order valence-electron chi connectivity index (χ4n) is 9.50. The monoisotopic (exact) mass is 1190 g/mol. The van der Waals surface area contributed by atoms with Crippen LogP contribution in [-0.2, 0) is 32.7 Å². The molecule has 0 heterocycles. The number of nitrogens with zero attached hydrogens (tertiary/aromatic N) is 1. The van der Waals surface area contributed by atoms with E-state index in [1.54, 1.807) is 0 Å². The Morgan fingerprint density at radius 2 is 0.679 bits per heavy atom. The number of allylic oxidation sites excluding steroid dienone is 18. The first-order valence-corrected chi connectivity index (χ1v) is 36.1. The number of unbranched alkanes of at least 4 members (excludes halogenated alkanes) is 31. The lowest BCUT2D eigenvalue weighted by atomic mass is 10.0. The average molecular weight is 1190 g/mol. The van der Waals surface area contributed by atoms with Gasteiger partial charge in [0.15, 0.2) is 6.10 Å². The molecule has 0 aliphatic carbocycles. The number of carbonyl (C=O) groups is 2. The third-order valence-corrected chi connectivity index (χ3v) is 15.8. The van der Waals surface area contributed by atoms with Gasteiger partial charge in [0.05, 0.1) is 27.7 Å². The van der Waals surface area contributed by atoms with Gasteiger partial charge < -0.3 is 18.9 Å². The lowest BCUT2D eigenvalue weighted by Gasteiger charge is -2.24. The van der Waals surface area contributed by atoms with Gasteiger partial charge in [-0.1, -0.05) is 290 Å². The topological polar surface area (TPSA) is 108 Å². The molecule has 9 nitrogen and oxygen atoms in total. The molecule has 0 aromatic carbocycles. The van der Waals surface area contributed by atoms with E-state index >= 15 is 0 Å². The first-order valence-electron chi connectivity index (χ1n) is 34.6. The third-order valence-electron chi connectivity index (χ3n) is 14.8. The lowest BCUT2D eigenvalue weighted by molar-refractivity contribution is -0.870. The molecule has 0 aromatic rings. The standard InChI is InChI=1S/C74H130NO8P/c1-6-8-10-12-14-16-18-20-22-24-26-28-30-32-34-36-37-39-40-42-44-46-48-50-52-54-56-58-60-62-64-66-73(76)80-70-72(71-82-84(78,79)81-69-68-75(3,4)5)83-74(77)67-65-63-61-59-57-55-53-51-49-47-45-43-41-38-35-33-31-29-27-25-23-21-19-17-15-13-11-9-7-2/h9,11,15,17-18,20-21,23-24,26-27,29,33,35,41,43,47,49,72H,6-8,10,12-14,16,19,22,25,28,30-32,34,36-40,42,44-46,48,50-71H2,1-5H3/p+1/b11-9-,17-15-,20-18-,23-21-,26-24-,29-27-,35-33-,43-41-,49-47-. The quantitative estimate of drug-likeness (QED) is 0.0211. The fraction of sp³-hybridized carbons (Fsp3) is 0.730. The highest BCUT2D eigenvalue weighted by Crippen LogP contribution is 2.43. The van der Waals surface area contributed by atoms with Crippen molar-refractivity contribution in [1.29, 1.82) is 0 Å². The van der Waals surface area contributed by atoms with Gasteiger partial charge in [-0.25, -0.2) is 4.57 Å². The van der Waals surface area contributed by atoms with Crippen LogP contribution in [0.15, 0.2) is 109 Å². The minimum Gasteiger partial charge on any atom is -0.462 e. The van der Waals surface area contributed by atoms with Crippen molar-refractivity contribution in [3.05, 3.63) is 109 Å². The summed E-state index contributed by atoms with van der Waals surface area (Å²) in [6.45, 7) is 4.32. The molecule has 0 saturated carbocycles. The van der Waals surface area contributed by atoms with Gasteiger partial charge in [0.25, 0.3) is 0 Å². The van der Waals surface area contributed by atoms with E-state index in [1.807, 2.05) is 21.1 Å². The molecular weight excluding hydrogens is 1060 g/mol. The van der Waals surface area contributed by atoms with Gasteiger partial charge >= 0.3 is 19.8 Å². The highest BCUT2D eigenvalue weighted by atomic mass is 31.2. The van der Waals surface area contributed by atoms with Gasteiger partial charge in [-0.3, -0.25) is 18.6 Å². The number of hydrogen-bond donors (Lipinski definition) is 1. The summed E-state index contributed by atoms with van der Waals surface area (Å²) in [5, 5.41) is 0. The van der Waals surface area contributed by atoms with Crippen molar-refractivity contribution >= 4 is 19.8 Å². The molecular formula is C74H131NO8P+. The second-order valence-electron chi connectivity index (χ2n) is 24.2. The van der Waals surface area contributed by atoms with Gasteiger partial charge in [0, 0.05) is 12.8 Å². The van der Waals surface area contributed by atoms with Crippen LogP contribution in [0.2, 0.25) is 0 Å². The van der Waals surface area contributed by atoms with E-state index < -0.39 is 26.5 Å². The molecule has 84 heavy (non-hydrogen) atoms. The second-order valence-corrected chi connectivity index (χ2v) is 25.6. The van der Waals surface area contributed by atoms with E-state index in [1.165, 1.54) is 167 Å². The minimum absolute atomic E-state index is 0.0251. The number of hydrogen-bond acceptors (Lipinski definition) is 7. The van der Waals surface area contributed by atoms with E-state index in [0.29, 0.717) is 17.4 Å². The summed E-state index contributed by atoms with van der Waals surface area (Å²) in [5.41, 5.74) is 0. The predicted molar refractivity (Wildman–Crippen MR) is 362 cm³/mol. The van der Waals surface area contributed by atoms with Crippen LogP contribution >= 0.6 is 7.82 Å². The molecule has 0 bridgehead atoms. The molecule has 0 fully saturated rings. The van der Waals surface area contributed by atoms with Gasteiger partial charge in [-0.15, -0.1) is 0 Å². The van der Waals surface area contributed by atoms with Crippen molar-refractivity contribution in [3.8, 4) is 0 Å². The summed E-state index contributed by atoms with van der Waals surface area (Å²) >= 11 is 0. The fourth-order valence-corrected chi connectivity index (χ4v) is 10.2. The van der Waals surface area contributed by atoms with Crippen LogP contribution in [0.3, 0.4) is 0 Å². The molecule has 0 aromatic heterocycles. The molecule has 2 unspecified atom stereocenters.